The van der Waals surface area contributed by atoms with Gasteiger partial charge >= 0.3 is 0 Å². The molecule has 2 aliphatic rings. The zero-order valence-electron chi connectivity index (χ0n) is 28.3. The lowest BCUT2D eigenvalue weighted by atomic mass is 9.85. The molecule has 1 saturated heterocycles. The van der Waals surface area contributed by atoms with Gasteiger partial charge < -0.3 is 35.5 Å². The minimum Gasteiger partial charge on any atom is -0.490 e. The van der Waals surface area contributed by atoms with Gasteiger partial charge in [-0.25, -0.2) is 4.98 Å². The minimum absolute atomic E-state index is 0. The summed E-state index contributed by atoms with van der Waals surface area (Å²) in [6, 6.07) is 12.9. The van der Waals surface area contributed by atoms with E-state index in [0.29, 0.717) is 16.7 Å². The van der Waals surface area contributed by atoms with Crippen molar-refractivity contribution in [1.82, 2.24) is 20.5 Å². The van der Waals surface area contributed by atoms with Crippen LogP contribution in [0.3, 0.4) is 0 Å². The molecule has 3 amide bonds. The fourth-order valence-electron chi connectivity index (χ4n) is 6.32. The summed E-state index contributed by atoms with van der Waals surface area (Å²) < 4.78 is 11.8. The molecule has 0 radical (unpaired) electrons. The second-order valence-electron chi connectivity index (χ2n) is 14.1. The van der Waals surface area contributed by atoms with Crippen LogP contribution < -0.4 is 21.1 Å². The van der Waals surface area contributed by atoms with Crippen molar-refractivity contribution in [2.75, 3.05) is 6.54 Å². The smallest absolute Gasteiger partial charge is 0.287 e. The molecule has 2 unspecified atom stereocenters. The van der Waals surface area contributed by atoms with E-state index in [-0.39, 0.29) is 55.2 Å². The van der Waals surface area contributed by atoms with Gasteiger partial charge in [-0.1, -0.05) is 45.0 Å². The van der Waals surface area contributed by atoms with Crippen molar-refractivity contribution in [3.05, 3.63) is 71.1 Å². The first kappa shape index (κ1) is 36.3. The Kier molecular flexibility index (Phi) is 10.7. The number of fused-ring (bicyclic) bond motifs is 1. The monoisotopic (exact) mass is 709 g/mol. The van der Waals surface area contributed by atoms with E-state index in [1.807, 2.05) is 70.5 Å². The van der Waals surface area contributed by atoms with E-state index in [0.717, 1.165) is 34.5 Å². The normalized spacial score (nSPS) is 21.7. The molecule has 2 aromatic heterocycles. The molecule has 6 rings (SSSR count). The van der Waals surface area contributed by atoms with Crippen LogP contribution in [0.25, 0.3) is 21.4 Å². The number of hydrogen-bond acceptors (Lipinski definition) is 9. The van der Waals surface area contributed by atoms with E-state index in [2.05, 4.69) is 15.6 Å². The van der Waals surface area contributed by atoms with Crippen molar-refractivity contribution < 1.29 is 28.6 Å². The lowest BCUT2D eigenvalue weighted by molar-refractivity contribution is -0.142. The van der Waals surface area contributed by atoms with E-state index in [4.69, 9.17) is 14.9 Å². The second-order valence-corrected chi connectivity index (χ2v) is 14.9. The standard InChI is InChI=1S/C36H43N5O6S.ClH/c1-19(21-6-8-22(9-7-21)31-20(2)38-18-48-31)39-33(43)28-16-25(42)17-41(28)35(45)32(36(3,4)5)40-34(44)30-13-23-12-26(10-11-29(23)47-30)46-27-14-24(37)15-27;/h6-13,18-19,24-25,27-28,32,42H,14-17,37H2,1-5H3,(H,39,43)(H,40,44);1H/t19?,24-,25-,27+,28+,32?;/m1./s1. The Hall–Kier alpha value is -3.97. The first-order valence-electron chi connectivity index (χ1n) is 16.3. The molecular formula is C36H44ClN5O6S. The Morgan fingerprint density at radius 3 is 2.43 bits per heavy atom. The Bertz CT molecular complexity index is 1810. The quantitative estimate of drug-likeness (QED) is 0.186. The van der Waals surface area contributed by atoms with Crippen LogP contribution >= 0.6 is 23.7 Å². The number of aryl methyl sites for hydroxylation is 1. The van der Waals surface area contributed by atoms with E-state index < -0.39 is 35.4 Å². The van der Waals surface area contributed by atoms with Crippen molar-refractivity contribution in [2.24, 2.45) is 11.1 Å². The van der Waals surface area contributed by atoms with Crippen LogP contribution in [0.1, 0.15) is 74.8 Å². The van der Waals surface area contributed by atoms with Gasteiger partial charge in [-0.2, -0.15) is 0 Å². The number of nitrogens with two attached hydrogens (primary N) is 1. The molecule has 3 heterocycles. The SMILES string of the molecule is Cc1ncsc1-c1ccc(C(C)NC(=O)[C@@H]2C[C@@H](O)CN2C(=O)C(NC(=O)c2cc3cc(O[C@H]4C[C@@H](N)C4)ccc3o2)C(C)(C)C)cc1.Cl. The molecule has 2 aromatic carbocycles. The highest BCUT2D eigenvalue weighted by Crippen LogP contribution is 2.31. The first-order chi connectivity index (χ1) is 22.8. The molecule has 1 aliphatic carbocycles. The molecule has 1 aliphatic heterocycles. The Balaban J connectivity index is 0.00000468. The summed E-state index contributed by atoms with van der Waals surface area (Å²) >= 11 is 1.58. The summed E-state index contributed by atoms with van der Waals surface area (Å²) in [5.41, 5.74) is 10.4. The number of aliphatic hydroxyl groups is 1. The number of nitrogens with one attached hydrogen (secondary N) is 2. The number of hydrogen-bond donors (Lipinski definition) is 4. The van der Waals surface area contributed by atoms with Gasteiger partial charge in [-0.3, -0.25) is 14.4 Å². The summed E-state index contributed by atoms with van der Waals surface area (Å²) in [5.74, 6) is -0.652. The third kappa shape index (κ3) is 7.93. The Morgan fingerprint density at radius 2 is 1.80 bits per heavy atom. The van der Waals surface area contributed by atoms with Crippen LogP contribution in [0.2, 0.25) is 0 Å². The van der Waals surface area contributed by atoms with Gasteiger partial charge in [0.2, 0.25) is 11.8 Å². The number of ether oxygens (including phenoxy) is 1. The molecule has 4 aromatic rings. The maximum atomic E-state index is 14.1. The lowest BCUT2D eigenvalue weighted by Gasteiger charge is -2.35. The van der Waals surface area contributed by atoms with Crippen LogP contribution in [0.15, 0.2) is 58.5 Å². The van der Waals surface area contributed by atoms with Crippen LogP contribution in [0.4, 0.5) is 0 Å². The summed E-state index contributed by atoms with van der Waals surface area (Å²) in [5, 5.41) is 17.2. The number of likely N-dealkylation sites (tertiary alicyclic amines) is 1. The van der Waals surface area contributed by atoms with Crippen molar-refractivity contribution in [3.8, 4) is 16.2 Å². The van der Waals surface area contributed by atoms with Gasteiger partial charge in [0.05, 0.1) is 28.2 Å². The third-order valence-corrected chi connectivity index (χ3v) is 10.2. The third-order valence-electron chi connectivity index (χ3n) is 9.18. The predicted octanol–water partition coefficient (Wildman–Crippen LogP) is 5.14. The second kappa shape index (κ2) is 14.5. The number of β-amino-alcohol motifs (C(OH)–C–C–N with tert-alkyl or cyclic N) is 1. The van der Waals surface area contributed by atoms with Gasteiger partial charge in [0, 0.05) is 24.4 Å². The fourth-order valence-corrected chi connectivity index (χ4v) is 7.13. The molecule has 5 N–H and O–H groups in total. The topological polar surface area (TPSA) is 160 Å². The highest BCUT2D eigenvalue weighted by Gasteiger charge is 2.45. The van der Waals surface area contributed by atoms with Gasteiger partial charge in [0.15, 0.2) is 5.76 Å². The highest BCUT2D eigenvalue weighted by molar-refractivity contribution is 7.13. The van der Waals surface area contributed by atoms with Crippen molar-refractivity contribution in [2.45, 2.75) is 90.3 Å². The number of amides is 3. The molecule has 0 spiro atoms. The molecule has 262 valence electrons. The average Bonchev–Trinajstić information content (AvgIpc) is 3.76. The molecule has 13 heteroatoms. The number of aromatic nitrogens is 1. The van der Waals surface area contributed by atoms with E-state index >= 15 is 0 Å². The number of aliphatic hydroxyl groups excluding tert-OH is 1. The van der Waals surface area contributed by atoms with Crippen molar-refractivity contribution in [1.29, 1.82) is 0 Å². The number of thiazole rings is 1. The molecule has 49 heavy (non-hydrogen) atoms. The number of benzene rings is 2. The summed E-state index contributed by atoms with van der Waals surface area (Å²) in [6.45, 7) is 9.35. The number of furan rings is 1. The first-order valence-corrected chi connectivity index (χ1v) is 17.2. The zero-order valence-corrected chi connectivity index (χ0v) is 29.9. The molecule has 1 saturated carbocycles. The number of carbonyl (C=O) groups excluding carboxylic acids is 3. The number of nitrogens with zero attached hydrogens (tertiary/aromatic N) is 2. The maximum Gasteiger partial charge on any atom is 0.287 e. The van der Waals surface area contributed by atoms with E-state index in [1.165, 1.54) is 4.90 Å². The summed E-state index contributed by atoms with van der Waals surface area (Å²) in [7, 11) is 0. The average molecular weight is 710 g/mol. The number of rotatable bonds is 9. The molecule has 4 atom stereocenters. The van der Waals surface area contributed by atoms with Crippen LogP contribution in [-0.4, -0.2) is 69.6 Å². The van der Waals surface area contributed by atoms with Crippen molar-refractivity contribution in [3.63, 3.8) is 0 Å². The number of carbonyl (C=O) groups is 3. The Morgan fingerprint density at radius 1 is 1.08 bits per heavy atom. The molecular weight excluding hydrogens is 666 g/mol. The number of halogens is 1. The molecule has 11 nitrogen and oxygen atoms in total. The largest absolute Gasteiger partial charge is 0.490 e. The summed E-state index contributed by atoms with van der Waals surface area (Å²) in [4.78, 5) is 48.0. The van der Waals surface area contributed by atoms with Gasteiger partial charge in [-0.15, -0.1) is 23.7 Å². The van der Waals surface area contributed by atoms with Gasteiger partial charge in [0.25, 0.3) is 5.91 Å². The zero-order chi connectivity index (χ0) is 34.3. The molecule has 2 fully saturated rings. The van der Waals surface area contributed by atoms with Crippen LogP contribution in [0, 0.1) is 12.3 Å². The minimum atomic E-state index is -0.999. The van der Waals surface area contributed by atoms with Gasteiger partial charge in [0.1, 0.15) is 29.5 Å². The highest BCUT2D eigenvalue weighted by atomic mass is 35.5. The summed E-state index contributed by atoms with van der Waals surface area (Å²) in [6.07, 6.45) is 0.906. The van der Waals surface area contributed by atoms with Gasteiger partial charge in [-0.05, 0) is 67.5 Å². The van der Waals surface area contributed by atoms with E-state index in [9.17, 15) is 19.5 Å². The Labute approximate surface area is 296 Å². The fraction of sp³-hybridized carbons (Fsp3) is 0.444. The van der Waals surface area contributed by atoms with E-state index in [1.54, 1.807) is 29.5 Å². The van der Waals surface area contributed by atoms with Crippen molar-refractivity contribution >= 4 is 52.4 Å². The predicted molar refractivity (Wildman–Crippen MR) is 191 cm³/mol. The molecule has 0 bridgehead atoms. The lowest BCUT2D eigenvalue weighted by Crippen LogP contribution is -2.57. The van der Waals surface area contributed by atoms with Crippen LogP contribution in [0.5, 0.6) is 5.75 Å². The van der Waals surface area contributed by atoms with Crippen LogP contribution in [-0.2, 0) is 9.59 Å². The maximum absolute atomic E-state index is 14.1.